The van der Waals surface area contributed by atoms with Crippen molar-refractivity contribution in [3.05, 3.63) is 23.8 Å². The molecule has 4 heteroatoms. The normalized spacial score (nSPS) is 9.94. The van der Waals surface area contributed by atoms with Crippen molar-refractivity contribution >= 4 is 17.4 Å². The van der Waals surface area contributed by atoms with Gasteiger partial charge in [0, 0.05) is 6.42 Å². The standard InChI is InChI=1S/C12H15ClO3/c1-9-3-4-11(12(7-9)15-2)16-6-5-10(14)8-13/h3-4,7H,5-6,8H2,1-2H3. The first-order valence-corrected chi connectivity index (χ1v) is 5.56. The molecule has 0 aliphatic rings. The molecule has 0 atom stereocenters. The lowest BCUT2D eigenvalue weighted by Crippen LogP contribution is -2.07. The SMILES string of the molecule is COc1cc(C)ccc1OCCC(=O)CCl. The predicted molar refractivity (Wildman–Crippen MR) is 63.6 cm³/mol. The molecule has 3 nitrogen and oxygen atoms in total. The van der Waals surface area contributed by atoms with Crippen LogP contribution in [0.3, 0.4) is 0 Å². The number of alkyl halides is 1. The Morgan fingerprint density at radius 2 is 2.12 bits per heavy atom. The first kappa shape index (κ1) is 12.8. The molecular formula is C12H15ClO3. The van der Waals surface area contributed by atoms with E-state index in [1.165, 1.54) is 0 Å². The highest BCUT2D eigenvalue weighted by atomic mass is 35.5. The maximum atomic E-state index is 11.0. The molecule has 0 saturated carbocycles. The summed E-state index contributed by atoms with van der Waals surface area (Å²) in [4.78, 5) is 11.0. The van der Waals surface area contributed by atoms with Gasteiger partial charge in [0.2, 0.25) is 0 Å². The van der Waals surface area contributed by atoms with E-state index >= 15 is 0 Å². The molecule has 88 valence electrons. The third-order valence-corrected chi connectivity index (χ3v) is 2.40. The van der Waals surface area contributed by atoms with Crippen LogP contribution in [0.25, 0.3) is 0 Å². The number of benzene rings is 1. The summed E-state index contributed by atoms with van der Waals surface area (Å²) in [6.07, 6.45) is 0.320. The Hall–Kier alpha value is -1.22. The van der Waals surface area contributed by atoms with Crippen LogP contribution in [0, 0.1) is 6.92 Å². The molecule has 0 radical (unpaired) electrons. The van der Waals surface area contributed by atoms with Gasteiger partial charge < -0.3 is 9.47 Å². The van der Waals surface area contributed by atoms with Gasteiger partial charge in [0.15, 0.2) is 17.3 Å². The summed E-state index contributed by atoms with van der Waals surface area (Å²) < 4.78 is 10.6. The lowest BCUT2D eigenvalue weighted by Gasteiger charge is -2.10. The van der Waals surface area contributed by atoms with Gasteiger partial charge in [-0.05, 0) is 24.6 Å². The number of methoxy groups -OCH3 is 1. The Balaban J connectivity index is 2.56. The monoisotopic (exact) mass is 242 g/mol. The highest BCUT2D eigenvalue weighted by Crippen LogP contribution is 2.27. The molecular weight excluding hydrogens is 228 g/mol. The quantitative estimate of drug-likeness (QED) is 0.720. The zero-order valence-corrected chi connectivity index (χ0v) is 10.2. The number of hydrogen-bond donors (Lipinski definition) is 0. The maximum absolute atomic E-state index is 11.0. The van der Waals surface area contributed by atoms with E-state index in [0.717, 1.165) is 5.56 Å². The molecule has 0 saturated heterocycles. The van der Waals surface area contributed by atoms with Gasteiger partial charge in [-0.1, -0.05) is 6.07 Å². The summed E-state index contributed by atoms with van der Waals surface area (Å²) in [5, 5.41) is 0. The van der Waals surface area contributed by atoms with Crippen LogP contribution in [0.15, 0.2) is 18.2 Å². The summed E-state index contributed by atoms with van der Waals surface area (Å²) in [7, 11) is 1.59. The summed E-state index contributed by atoms with van der Waals surface area (Å²) in [5.74, 6) is 1.34. The third kappa shape index (κ3) is 3.74. The van der Waals surface area contributed by atoms with Crippen molar-refractivity contribution in [1.82, 2.24) is 0 Å². The Labute approximate surface area is 100 Å². The molecule has 0 spiro atoms. The number of Topliss-reactive ketones (excluding diaryl/α,β-unsaturated/α-hetero) is 1. The van der Waals surface area contributed by atoms with Crippen molar-refractivity contribution in [2.75, 3.05) is 19.6 Å². The molecule has 0 N–H and O–H groups in total. The average molecular weight is 243 g/mol. The molecule has 16 heavy (non-hydrogen) atoms. The first-order valence-electron chi connectivity index (χ1n) is 5.02. The average Bonchev–Trinajstić information content (AvgIpc) is 2.30. The third-order valence-electron chi connectivity index (χ3n) is 2.11. The Morgan fingerprint density at radius 3 is 2.75 bits per heavy atom. The number of carbonyl (C=O) groups excluding carboxylic acids is 1. The topological polar surface area (TPSA) is 35.5 Å². The summed E-state index contributed by atoms with van der Waals surface area (Å²) >= 11 is 5.38. The van der Waals surface area contributed by atoms with Gasteiger partial charge in [-0.2, -0.15) is 0 Å². The van der Waals surface area contributed by atoms with Crippen molar-refractivity contribution in [2.45, 2.75) is 13.3 Å². The van der Waals surface area contributed by atoms with Crippen LogP contribution in [-0.4, -0.2) is 25.4 Å². The lowest BCUT2D eigenvalue weighted by atomic mass is 10.2. The molecule has 0 unspecified atom stereocenters. The van der Waals surface area contributed by atoms with Crippen molar-refractivity contribution in [3.8, 4) is 11.5 Å². The van der Waals surface area contributed by atoms with E-state index in [2.05, 4.69) is 0 Å². The molecule has 0 aliphatic heterocycles. The minimum absolute atomic E-state index is 0.0206. The fraction of sp³-hybridized carbons (Fsp3) is 0.417. The maximum Gasteiger partial charge on any atom is 0.161 e. The van der Waals surface area contributed by atoms with Crippen molar-refractivity contribution < 1.29 is 14.3 Å². The van der Waals surface area contributed by atoms with Gasteiger partial charge in [-0.15, -0.1) is 11.6 Å². The number of halogens is 1. The van der Waals surface area contributed by atoms with Crippen LogP contribution < -0.4 is 9.47 Å². The molecule has 1 rings (SSSR count). The number of ether oxygens (including phenoxy) is 2. The van der Waals surface area contributed by atoms with E-state index < -0.39 is 0 Å². The number of ketones is 1. The second-order valence-electron chi connectivity index (χ2n) is 3.43. The van der Waals surface area contributed by atoms with E-state index in [-0.39, 0.29) is 11.7 Å². The van der Waals surface area contributed by atoms with Gasteiger partial charge in [0.05, 0.1) is 19.6 Å². The molecule has 0 amide bonds. The van der Waals surface area contributed by atoms with Crippen molar-refractivity contribution in [1.29, 1.82) is 0 Å². The minimum Gasteiger partial charge on any atom is -0.493 e. The van der Waals surface area contributed by atoms with Crippen LogP contribution in [0.5, 0.6) is 11.5 Å². The summed E-state index contributed by atoms with van der Waals surface area (Å²) in [5.41, 5.74) is 1.10. The van der Waals surface area contributed by atoms with Gasteiger partial charge in [-0.3, -0.25) is 4.79 Å². The zero-order chi connectivity index (χ0) is 12.0. The van der Waals surface area contributed by atoms with Gasteiger partial charge in [-0.25, -0.2) is 0 Å². The highest BCUT2D eigenvalue weighted by molar-refractivity contribution is 6.27. The van der Waals surface area contributed by atoms with Crippen molar-refractivity contribution in [2.24, 2.45) is 0 Å². The number of hydrogen-bond acceptors (Lipinski definition) is 3. The molecule has 0 bridgehead atoms. The largest absolute Gasteiger partial charge is 0.493 e. The van der Waals surface area contributed by atoms with Gasteiger partial charge >= 0.3 is 0 Å². The molecule has 0 fully saturated rings. The van der Waals surface area contributed by atoms with Crippen LogP contribution in [0.2, 0.25) is 0 Å². The molecule has 1 aromatic carbocycles. The first-order chi connectivity index (χ1) is 7.67. The minimum atomic E-state index is -0.0206. The van der Waals surface area contributed by atoms with E-state index in [4.69, 9.17) is 21.1 Å². The highest BCUT2D eigenvalue weighted by Gasteiger charge is 2.05. The Kier molecular flexibility index (Phi) is 5.12. The zero-order valence-electron chi connectivity index (χ0n) is 9.46. The number of carbonyl (C=O) groups is 1. The lowest BCUT2D eigenvalue weighted by molar-refractivity contribution is -0.117. The predicted octanol–water partition coefficient (Wildman–Crippen LogP) is 2.58. The Bertz CT molecular complexity index is 363. The molecule has 1 aromatic rings. The summed E-state index contributed by atoms with van der Waals surface area (Å²) in [6, 6.07) is 5.65. The van der Waals surface area contributed by atoms with Gasteiger partial charge in [0.25, 0.3) is 0 Å². The van der Waals surface area contributed by atoms with Crippen LogP contribution in [0.4, 0.5) is 0 Å². The number of aryl methyl sites for hydroxylation is 1. The number of rotatable bonds is 6. The smallest absolute Gasteiger partial charge is 0.161 e. The fourth-order valence-corrected chi connectivity index (χ4v) is 1.37. The van der Waals surface area contributed by atoms with Crippen LogP contribution in [0.1, 0.15) is 12.0 Å². The molecule has 0 aromatic heterocycles. The van der Waals surface area contributed by atoms with Crippen molar-refractivity contribution in [3.63, 3.8) is 0 Å². The summed E-state index contributed by atoms with van der Waals surface area (Å²) in [6.45, 7) is 2.30. The molecule has 0 aliphatic carbocycles. The van der Waals surface area contributed by atoms with E-state index in [1.807, 2.05) is 25.1 Å². The van der Waals surface area contributed by atoms with E-state index in [9.17, 15) is 4.79 Å². The van der Waals surface area contributed by atoms with E-state index in [1.54, 1.807) is 7.11 Å². The van der Waals surface area contributed by atoms with E-state index in [0.29, 0.717) is 24.5 Å². The van der Waals surface area contributed by atoms with Crippen LogP contribution >= 0.6 is 11.6 Å². The van der Waals surface area contributed by atoms with Crippen LogP contribution in [-0.2, 0) is 4.79 Å². The second kappa shape index (κ2) is 6.38. The fourth-order valence-electron chi connectivity index (χ4n) is 1.24. The second-order valence-corrected chi connectivity index (χ2v) is 3.69. The van der Waals surface area contributed by atoms with Gasteiger partial charge in [0.1, 0.15) is 0 Å². The molecule has 0 heterocycles. The Morgan fingerprint density at radius 1 is 1.38 bits per heavy atom.